The molecular weight excluding hydrogens is 603 g/mol. The first-order chi connectivity index (χ1) is 22.3. The summed E-state index contributed by atoms with van der Waals surface area (Å²) in [6.07, 6.45) is 5.43. The lowest BCUT2D eigenvalue weighted by Crippen LogP contribution is -2.54. The van der Waals surface area contributed by atoms with Gasteiger partial charge in [-0.1, -0.05) is 6.42 Å². The molecule has 2 amide bonds. The molecule has 6 rings (SSSR count). The minimum absolute atomic E-state index is 0.178. The number of rotatable bonds is 11. The fraction of sp³-hybridized carbons (Fsp3) is 0.588. The Hall–Kier alpha value is -3.35. The van der Waals surface area contributed by atoms with Crippen LogP contribution < -0.4 is 9.80 Å². The number of hydrogen-bond acceptors (Lipinski definition) is 9. The number of piperazine rings is 2. The van der Waals surface area contributed by atoms with Gasteiger partial charge in [0.25, 0.3) is 0 Å². The topological polar surface area (TPSA) is 79.4 Å². The Morgan fingerprint density at radius 1 is 0.891 bits per heavy atom. The second kappa shape index (κ2) is 15.0. The molecule has 0 aliphatic carbocycles. The smallest absolute Gasteiger partial charge is 0.236 e. The minimum atomic E-state index is -0.772. The van der Waals surface area contributed by atoms with Crippen LogP contribution in [0.4, 0.5) is 15.9 Å². The number of halogens is 1. The third-order valence-electron chi connectivity index (χ3n) is 9.40. The van der Waals surface area contributed by atoms with Gasteiger partial charge in [-0.05, 0) is 70.2 Å². The van der Waals surface area contributed by atoms with Gasteiger partial charge in [0.05, 0.1) is 23.3 Å². The maximum absolute atomic E-state index is 13.6. The molecule has 3 saturated heterocycles. The third kappa shape index (κ3) is 8.13. The molecule has 3 aliphatic rings. The fourth-order valence-electron chi connectivity index (χ4n) is 6.56. The Labute approximate surface area is 275 Å². The lowest BCUT2D eigenvalue weighted by atomic mass is 10.1. The highest BCUT2D eigenvalue weighted by molar-refractivity contribution is 7.21. The van der Waals surface area contributed by atoms with Gasteiger partial charge in [0.15, 0.2) is 0 Å². The van der Waals surface area contributed by atoms with E-state index in [2.05, 4.69) is 52.0 Å². The first-order valence-electron chi connectivity index (χ1n) is 16.8. The van der Waals surface area contributed by atoms with Crippen LogP contribution in [0, 0.1) is 0 Å². The zero-order valence-electron chi connectivity index (χ0n) is 27.2. The van der Waals surface area contributed by atoms with E-state index in [9.17, 15) is 14.0 Å². The number of aromatic nitrogens is 2. The molecule has 3 aromatic rings. The quantitative estimate of drug-likeness (QED) is 0.290. The summed E-state index contributed by atoms with van der Waals surface area (Å²) in [5, 5.41) is 0.923. The largest absolute Gasteiger partial charge is 0.368 e. The van der Waals surface area contributed by atoms with Crippen molar-refractivity contribution in [3.05, 3.63) is 36.5 Å². The number of anilines is 2. The van der Waals surface area contributed by atoms with Crippen molar-refractivity contribution in [3.63, 3.8) is 0 Å². The van der Waals surface area contributed by atoms with Gasteiger partial charge in [-0.3, -0.25) is 14.5 Å². The number of hydrogen-bond donors (Lipinski definition) is 0. The molecular formula is C34H47FN8O2S. The Balaban J connectivity index is 0.942. The summed E-state index contributed by atoms with van der Waals surface area (Å²) < 4.78 is 14.7. The number of unbranched alkanes of at least 4 members (excludes halogenated alkanes) is 2. The molecule has 1 unspecified atom stereocenters. The lowest BCUT2D eigenvalue weighted by Gasteiger charge is -2.38. The van der Waals surface area contributed by atoms with Crippen molar-refractivity contribution in [2.24, 2.45) is 0 Å². The minimum Gasteiger partial charge on any atom is -0.368 e. The van der Waals surface area contributed by atoms with E-state index in [1.54, 1.807) is 11.3 Å². The Morgan fingerprint density at radius 3 is 2.35 bits per heavy atom. The monoisotopic (exact) mass is 650 g/mol. The lowest BCUT2D eigenvalue weighted by molar-refractivity contribution is -0.135. The highest BCUT2D eigenvalue weighted by Gasteiger charge is 2.27. The molecule has 2 aromatic heterocycles. The predicted octanol–water partition coefficient (Wildman–Crippen LogP) is 3.82. The van der Waals surface area contributed by atoms with Crippen LogP contribution >= 0.6 is 11.3 Å². The zero-order valence-corrected chi connectivity index (χ0v) is 28.1. The SMILES string of the molecule is CN(C)CCCCCC(=O)N1CCN(CC(=O)N2CCN(c3ccc4nc(-c5ccc(N6CCC(F)C6)nc5)sc4c3)CC2)CC1. The summed E-state index contributed by atoms with van der Waals surface area (Å²) in [5.41, 5.74) is 3.08. The molecule has 1 atom stereocenters. The molecule has 5 heterocycles. The highest BCUT2D eigenvalue weighted by Crippen LogP contribution is 2.33. The number of fused-ring (bicyclic) bond motifs is 1. The number of pyridine rings is 1. The van der Waals surface area contributed by atoms with Crippen LogP contribution in [0.25, 0.3) is 20.8 Å². The van der Waals surface area contributed by atoms with Gasteiger partial charge in [0, 0.05) is 82.8 Å². The number of thiazole rings is 1. The molecule has 248 valence electrons. The number of carbonyl (C=O) groups excluding carboxylic acids is 2. The Morgan fingerprint density at radius 2 is 1.65 bits per heavy atom. The van der Waals surface area contributed by atoms with E-state index in [-0.39, 0.29) is 11.8 Å². The number of benzene rings is 1. The average Bonchev–Trinajstić information content (AvgIpc) is 3.71. The Bertz CT molecular complexity index is 1470. The van der Waals surface area contributed by atoms with Gasteiger partial charge in [0.2, 0.25) is 11.8 Å². The van der Waals surface area contributed by atoms with E-state index in [1.165, 1.54) is 0 Å². The third-order valence-corrected chi connectivity index (χ3v) is 10.5. The number of nitrogens with zero attached hydrogens (tertiary/aromatic N) is 8. The zero-order chi connectivity index (χ0) is 32.0. The summed E-state index contributed by atoms with van der Waals surface area (Å²) in [5.74, 6) is 1.25. The summed E-state index contributed by atoms with van der Waals surface area (Å²) in [6.45, 7) is 8.54. The predicted molar refractivity (Wildman–Crippen MR) is 183 cm³/mol. The highest BCUT2D eigenvalue weighted by atomic mass is 32.1. The van der Waals surface area contributed by atoms with Crippen molar-refractivity contribution >= 4 is 44.9 Å². The van der Waals surface area contributed by atoms with E-state index in [0.29, 0.717) is 58.7 Å². The standard InChI is InChI=1S/C34H47FN8O2S/c1-38(2)12-5-3-4-6-32(44)41-16-14-39(15-17-41)25-33(45)42-20-18-40(19-21-42)28-8-9-29-30(22-28)46-34(37-29)26-7-10-31(36-23-26)43-13-11-27(35)24-43/h7-10,22-23,27H,3-6,11-21,24-25H2,1-2H3. The molecule has 12 heteroatoms. The number of carbonyl (C=O) groups is 2. The molecule has 0 spiro atoms. The first kappa shape index (κ1) is 32.6. The van der Waals surface area contributed by atoms with Crippen molar-refractivity contribution in [3.8, 4) is 10.6 Å². The Kier molecular flexibility index (Phi) is 10.7. The van der Waals surface area contributed by atoms with E-state index in [0.717, 1.165) is 84.3 Å². The summed E-state index contributed by atoms with van der Waals surface area (Å²) in [6, 6.07) is 10.4. The van der Waals surface area contributed by atoms with E-state index in [1.807, 2.05) is 33.0 Å². The molecule has 46 heavy (non-hydrogen) atoms. The van der Waals surface area contributed by atoms with Crippen molar-refractivity contribution in [2.45, 2.75) is 38.3 Å². The summed E-state index contributed by atoms with van der Waals surface area (Å²) >= 11 is 1.65. The van der Waals surface area contributed by atoms with Crippen LogP contribution in [0.5, 0.6) is 0 Å². The van der Waals surface area contributed by atoms with Crippen molar-refractivity contribution < 1.29 is 14.0 Å². The molecule has 0 N–H and O–H groups in total. The molecule has 0 bridgehead atoms. The number of alkyl halides is 1. The van der Waals surface area contributed by atoms with Gasteiger partial charge < -0.3 is 24.5 Å². The van der Waals surface area contributed by atoms with E-state index in [4.69, 9.17) is 4.98 Å². The van der Waals surface area contributed by atoms with Gasteiger partial charge in [-0.2, -0.15) is 0 Å². The maximum atomic E-state index is 13.6. The van der Waals surface area contributed by atoms with Crippen molar-refractivity contribution in [2.75, 3.05) is 102 Å². The van der Waals surface area contributed by atoms with Gasteiger partial charge in [0.1, 0.15) is 17.0 Å². The van der Waals surface area contributed by atoms with Crippen LogP contribution in [0.15, 0.2) is 36.5 Å². The van der Waals surface area contributed by atoms with Crippen LogP contribution in [-0.4, -0.2) is 140 Å². The summed E-state index contributed by atoms with van der Waals surface area (Å²) in [4.78, 5) is 47.9. The van der Waals surface area contributed by atoms with Gasteiger partial charge >= 0.3 is 0 Å². The normalized spacial score (nSPS) is 19.5. The van der Waals surface area contributed by atoms with Gasteiger partial charge in [-0.25, -0.2) is 14.4 Å². The molecule has 10 nitrogen and oxygen atoms in total. The molecule has 0 saturated carbocycles. The van der Waals surface area contributed by atoms with Gasteiger partial charge in [-0.15, -0.1) is 11.3 Å². The fourth-order valence-corrected chi connectivity index (χ4v) is 7.55. The van der Waals surface area contributed by atoms with Crippen LogP contribution in [0.1, 0.15) is 32.1 Å². The van der Waals surface area contributed by atoms with Crippen molar-refractivity contribution in [1.29, 1.82) is 0 Å². The van der Waals surface area contributed by atoms with Crippen LogP contribution in [-0.2, 0) is 9.59 Å². The maximum Gasteiger partial charge on any atom is 0.236 e. The van der Waals surface area contributed by atoms with E-state index < -0.39 is 6.17 Å². The second-order valence-electron chi connectivity index (χ2n) is 13.0. The molecule has 3 aliphatic heterocycles. The summed E-state index contributed by atoms with van der Waals surface area (Å²) in [7, 11) is 4.16. The van der Waals surface area contributed by atoms with E-state index >= 15 is 0 Å². The average molecular weight is 651 g/mol. The van der Waals surface area contributed by atoms with Crippen LogP contribution in [0.3, 0.4) is 0 Å². The molecule has 3 fully saturated rings. The molecule has 0 radical (unpaired) electrons. The first-order valence-corrected chi connectivity index (χ1v) is 17.6. The second-order valence-corrected chi connectivity index (χ2v) is 14.1. The van der Waals surface area contributed by atoms with Crippen LogP contribution in [0.2, 0.25) is 0 Å². The number of amides is 2. The van der Waals surface area contributed by atoms with Crippen molar-refractivity contribution in [1.82, 2.24) is 29.6 Å². The molecule has 1 aromatic carbocycles.